The summed E-state index contributed by atoms with van der Waals surface area (Å²) in [5.74, 6) is -0.652. The van der Waals surface area contributed by atoms with E-state index in [1.165, 1.54) is 18.2 Å². The molecule has 0 saturated heterocycles. The van der Waals surface area contributed by atoms with Crippen LogP contribution in [0.5, 0.6) is 0 Å². The van der Waals surface area contributed by atoms with Crippen molar-refractivity contribution >= 4 is 16.9 Å². The third kappa shape index (κ3) is 2.39. The lowest BCUT2D eigenvalue weighted by molar-refractivity contribution is 0.0697. The Hall–Kier alpha value is -2.88. The first-order valence-corrected chi connectivity index (χ1v) is 6.84. The predicted molar refractivity (Wildman–Crippen MR) is 84.4 cm³/mol. The van der Waals surface area contributed by atoms with E-state index in [0.717, 1.165) is 11.1 Å². The van der Waals surface area contributed by atoms with E-state index in [2.05, 4.69) is 0 Å². The van der Waals surface area contributed by atoms with Gasteiger partial charge >= 0.3 is 5.97 Å². The van der Waals surface area contributed by atoms with Crippen LogP contribution in [0.25, 0.3) is 22.3 Å². The average Bonchev–Trinajstić information content (AvgIpc) is 2.49. The van der Waals surface area contributed by atoms with E-state index in [1.54, 1.807) is 12.1 Å². The van der Waals surface area contributed by atoms with E-state index >= 15 is 0 Å². The Morgan fingerprint density at radius 1 is 1.05 bits per heavy atom. The quantitative estimate of drug-likeness (QED) is 0.781. The Balaban J connectivity index is 2.24. The van der Waals surface area contributed by atoms with E-state index in [-0.39, 0.29) is 11.0 Å². The molecule has 1 heterocycles. The minimum Gasteiger partial charge on any atom is -0.478 e. The molecule has 0 saturated carbocycles. The Morgan fingerprint density at radius 2 is 1.77 bits per heavy atom. The zero-order valence-corrected chi connectivity index (χ0v) is 12.2. The fourth-order valence-corrected chi connectivity index (χ4v) is 2.36. The van der Waals surface area contributed by atoms with Crippen LogP contribution in [0.2, 0.25) is 0 Å². The number of carbonyl (C=O) groups is 1. The molecule has 0 atom stereocenters. The zero-order chi connectivity index (χ0) is 15.9. The van der Waals surface area contributed by atoms with Crippen molar-refractivity contribution in [3.05, 3.63) is 69.4 Å². The lowest BCUT2D eigenvalue weighted by Gasteiger charge is -2.06. The Morgan fingerprint density at radius 3 is 2.50 bits per heavy atom. The highest BCUT2D eigenvalue weighted by molar-refractivity contribution is 5.89. The molecule has 0 amide bonds. The predicted octanol–water partition coefficient (Wildman–Crippen LogP) is 3.78. The largest absolute Gasteiger partial charge is 0.478 e. The Kier molecular flexibility index (Phi) is 3.29. The van der Waals surface area contributed by atoms with Gasteiger partial charge in [0.25, 0.3) is 0 Å². The first-order chi connectivity index (χ1) is 10.5. The monoisotopic (exact) mass is 294 g/mol. The van der Waals surface area contributed by atoms with Crippen molar-refractivity contribution in [3.63, 3.8) is 0 Å². The summed E-state index contributed by atoms with van der Waals surface area (Å²) in [6.07, 6.45) is 0. The summed E-state index contributed by atoms with van der Waals surface area (Å²) >= 11 is 0. The fraction of sp³-hybridized carbons (Fsp3) is 0.111. The number of carboxylic acid groups (broad SMARTS) is 1. The highest BCUT2D eigenvalue weighted by Crippen LogP contribution is 2.24. The molecule has 0 bridgehead atoms. The zero-order valence-electron chi connectivity index (χ0n) is 12.2. The molecule has 22 heavy (non-hydrogen) atoms. The minimum atomic E-state index is -1.02. The van der Waals surface area contributed by atoms with E-state index in [4.69, 9.17) is 9.52 Å². The van der Waals surface area contributed by atoms with Crippen LogP contribution in [0, 0.1) is 13.8 Å². The second kappa shape index (κ2) is 5.15. The second-order valence-corrected chi connectivity index (χ2v) is 5.29. The highest BCUT2D eigenvalue weighted by Gasteiger charge is 2.10. The maximum atomic E-state index is 12.3. The van der Waals surface area contributed by atoms with Gasteiger partial charge < -0.3 is 9.52 Å². The van der Waals surface area contributed by atoms with E-state index < -0.39 is 5.97 Å². The molecule has 0 radical (unpaired) electrons. The van der Waals surface area contributed by atoms with Gasteiger partial charge in [-0.15, -0.1) is 0 Å². The standard InChI is InChI=1S/C18H14O4/c1-10-6-14-15(19)9-16(22-17(14)7-11(10)2)12-4-3-5-13(8-12)18(20)21/h3-9H,1-2H3,(H,20,21). The van der Waals surface area contributed by atoms with Crippen LogP contribution < -0.4 is 5.43 Å². The summed E-state index contributed by atoms with van der Waals surface area (Å²) in [5, 5.41) is 9.59. The second-order valence-electron chi connectivity index (χ2n) is 5.29. The smallest absolute Gasteiger partial charge is 0.335 e. The van der Waals surface area contributed by atoms with Gasteiger partial charge in [-0.1, -0.05) is 12.1 Å². The molecule has 2 aromatic carbocycles. The number of fused-ring (bicyclic) bond motifs is 1. The maximum absolute atomic E-state index is 12.3. The molecule has 0 aliphatic rings. The molecule has 0 fully saturated rings. The van der Waals surface area contributed by atoms with E-state index in [0.29, 0.717) is 22.3 Å². The van der Waals surface area contributed by atoms with Gasteiger partial charge in [-0.25, -0.2) is 4.79 Å². The first-order valence-electron chi connectivity index (χ1n) is 6.84. The van der Waals surface area contributed by atoms with Gasteiger partial charge in [0.2, 0.25) is 0 Å². The van der Waals surface area contributed by atoms with Crippen LogP contribution in [0.1, 0.15) is 21.5 Å². The lowest BCUT2D eigenvalue weighted by Crippen LogP contribution is -2.02. The third-order valence-electron chi connectivity index (χ3n) is 3.74. The number of hydrogen-bond acceptors (Lipinski definition) is 3. The summed E-state index contributed by atoms with van der Waals surface area (Å²) in [7, 11) is 0. The van der Waals surface area contributed by atoms with Gasteiger partial charge in [-0.05, 0) is 49.2 Å². The van der Waals surface area contributed by atoms with E-state index in [1.807, 2.05) is 26.0 Å². The third-order valence-corrected chi connectivity index (χ3v) is 3.74. The number of rotatable bonds is 2. The number of aryl methyl sites for hydroxylation is 2. The summed E-state index contributed by atoms with van der Waals surface area (Å²) in [6.45, 7) is 3.89. The van der Waals surface area contributed by atoms with Crippen LogP contribution in [0.3, 0.4) is 0 Å². The topological polar surface area (TPSA) is 67.5 Å². The molecule has 0 aliphatic heterocycles. The normalized spacial score (nSPS) is 10.8. The fourth-order valence-electron chi connectivity index (χ4n) is 2.36. The molecule has 1 N–H and O–H groups in total. The lowest BCUT2D eigenvalue weighted by atomic mass is 10.0. The van der Waals surface area contributed by atoms with Gasteiger partial charge in [0.05, 0.1) is 10.9 Å². The van der Waals surface area contributed by atoms with Crippen molar-refractivity contribution in [2.45, 2.75) is 13.8 Å². The molecule has 4 heteroatoms. The number of hydrogen-bond donors (Lipinski definition) is 1. The van der Waals surface area contributed by atoms with Crippen LogP contribution in [-0.2, 0) is 0 Å². The SMILES string of the molecule is Cc1cc2oc(-c3cccc(C(=O)O)c3)cc(=O)c2cc1C. The summed E-state index contributed by atoms with van der Waals surface area (Å²) in [4.78, 5) is 23.3. The molecule has 0 aliphatic carbocycles. The van der Waals surface area contributed by atoms with Crippen LogP contribution >= 0.6 is 0 Å². The van der Waals surface area contributed by atoms with Crippen molar-refractivity contribution in [3.8, 4) is 11.3 Å². The van der Waals surface area contributed by atoms with Crippen molar-refractivity contribution in [1.29, 1.82) is 0 Å². The number of benzene rings is 2. The van der Waals surface area contributed by atoms with E-state index in [9.17, 15) is 9.59 Å². The molecule has 3 aromatic rings. The minimum absolute atomic E-state index is 0.139. The first kappa shape index (κ1) is 14.1. The van der Waals surface area contributed by atoms with Gasteiger partial charge in [0.15, 0.2) is 5.43 Å². The molecule has 0 unspecified atom stereocenters. The van der Waals surface area contributed by atoms with Crippen molar-refractivity contribution in [2.24, 2.45) is 0 Å². The Bertz CT molecular complexity index is 951. The van der Waals surface area contributed by atoms with Crippen LogP contribution in [-0.4, -0.2) is 11.1 Å². The van der Waals surface area contributed by atoms with Gasteiger partial charge in [-0.2, -0.15) is 0 Å². The van der Waals surface area contributed by atoms with Crippen molar-refractivity contribution in [1.82, 2.24) is 0 Å². The molecule has 1 aromatic heterocycles. The summed E-state index contributed by atoms with van der Waals surface area (Å²) in [6, 6.07) is 11.4. The highest BCUT2D eigenvalue weighted by atomic mass is 16.4. The van der Waals surface area contributed by atoms with Crippen LogP contribution in [0.15, 0.2) is 51.7 Å². The molecule has 3 rings (SSSR count). The summed E-state index contributed by atoms with van der Waals surface area (Å²) in [5.41, 5.74) is 3.15. The maximum Gasteiger partial charge on any atom is 0.335 e. The molecule has 110 valence electrons. The number of carboxylic acids is 1. The average molecular weight is 294 g/mol. The van der Waals surface area contributed by atoms with Gasteiger partial charge in [0.1, 0.15) is 11.3 Å². The molecule has 0 spiro atoms. The van der Waals surface area contributed by atoms with Gasteiger partial charge in [0, 0.05) is 11.6 Å². The summed E-state index contributed by atoms with van der Waals surface area (Å²) < 4.78 is 5.81. The number of aromatic carboxylic acids is 1. The molecular weight excluding hydrogens is 280 g/mol. The molecule has 4 nitrogen and oxygen atoms in total. The van der Waals surface area contributed by atoms with Crippen molar-refractivity contribution < 1.29 is 14.3 Å². The van der Waals surface area contributed by atoms with Crippen molar-refractivity contribution in [2.75, 3.05) is 0 Å². The molecular formula is C18H14O4. The van der Waals surface area contributed by atoms with Gasteiger partial charge in [-0.3, -0.25) is 4.79 Å². The Labute approximate surface area is 126 Å². The van der Waals surface area contributed by atoms with Crippen LogP contribution in [0.4, 0.5) is 0 Å².